The van der Waals surface area contributed by atoms with E-state index in [1.807, 2.05) is 0 Å². The van der Waals surface area contributed by atoms with E-state index in [0.717, 1.165) is 65.0 Å². The summed E-state index contributed by atoms with van der Waals surface area (Å²) in [4.78, 5) is 14.3. The molecule has 4 aliphatic rings. The van der Waals surface area contributed by atoms with Crippen molar-refractivity contribution in [3.8, 4) is 0 Å². The highest BCUT2D eigenvalue weighted by atomic mass is 16.5. The molecule has 0 aromatic carbocycles. The molecule has 4 rings (SSSR count). The molecule has 4 fully saturated rings. The molecular weight excluding hydrogens is 512 g/mol. The number of nitrogens with one attached hydrogen (secondary N) is 1. The Morgan fingerprint density at radius 2 is 1.63 bits per heavy atom. The number of hydrogen-bond donors (Lipinski definition) is 4. The number of aliphatic hydroxyl groups is 1. The molecule has 0 saturated heterocycles. The van der Waals surface area contributed by atoms with Gasteiger partial charge in [-0.1, -0.05) is 20.8 Å². The van der Waals surface area contributed by atoms with Gasteiger partial charge in [0.25, 0.3) is 0 Å². The van der Waals surface area contributed by atoms with Gasteiger partial charge in [-0.05, 0) is 163 Å². The van der Waals surface area contributed by atoms with E-state index in [2.05, 4.69) is 31.0 Å². The molecule has 0 radical (unpaired) electrons. The van der Waals surface area contributed by atoms with Crippen LogP contribution in [0.1, 0.15) is 104 Å². The summed E-state index contributed by atoms with van der Waals surface area (Å²) in [5.41, 5.74) is 12.2. The fourth-order valence-corrected chi connectivity index (χ4v) is 10.6. The second-order valence-corrected chi connectivity index (χ2v) is 15.0. The molecule has 7 heteroatoms. The number of ether oxygens (including phenoxy) is 1. The zero-order valence-corrected chi connectivity index (χ0v) is 26.9. The van der Waals surface area contributed by atoms with E-state index in [0.29, 0.717) is 58.8 Å². The minimum absolute atomic E-state index is 0.0842. The molecule has 0 aliphatic heterocycles. The van der Waals surface area contributed by atoms with Crippen molar-refractivity contribution < 1.29 is 14.6 Å². The van der Waals surface area contributed by atoms with E-state index in [1.165, 1.54) is 58.5 Å². The standard InChI is InChI=1S/C34H64N4O3/c1-24(8-11-31(40)41-4)27-9-10-28-32-29(13-15-34(27,28)3)33(2)14-12-26(22-25(33)23-30(32)39)37-18-7-21-38(19-5-16-35)20-6-17-36/h24-30,32,37,39H,5-23,35-36H2,1-4H3/t24-,25?,26+,27-,28?,29?,30+,32?,33+,34-/m1/s1. The van der Waals surface area contributed by atoms with Crippen LogP contribution in [0.25, 0.3) is 0 Å². The van der Waals surface area contributed by atoms with Gasteiger partial charge in [0.05, 0.1) is 13.2 Å². The quantitative estimate of drug-likeness (QED) is 0.167. The average molecular weight is 577 g/mol. The normalized spacial score (nSPS) is 39.2. The Morgan fingerprint density at radius 1 is 0.976 bits per heavy atom. The number of hydrogen-bond acceptors (Lipinski definition) is 7. The largest absolute Gasteiger partial charge is 0.469 e. The Balaban J connectivity index is 1.31. The first-order valence-electron chi connectivity index (χ1n) is 17.3. The van der Waals surface area contributed by atoms with Crippen molar-refractivity contribution in [3.63, 3.8) is 0 Å². The first-order chi connectivity index (χ1) is 19.7. The molecule has 4 unspecified atom stereocenters. The number of carbonyl (C=O) groups is 1. The minimum atomic E-state index is -0.163. The fraction of sp³-hybridized carbons (Fsp3) is 0.971. The molecule has 10 atom stereocenters. The Morgan fingerprint density at radius 3 is 2.32 bits per heavy atom. The van der Waals surface area contributed by atoms with Crippen LogP contribution < -0.4 is 16.8 Å². The van der Waals surface area contributed by atoms with Crippen molar-refractivity contribution >= 4 is 5.97 Å². The summed E-state index contributed by atoms with van der Waals surface area (Å²) in [5.74, 6) is 3.44. The highest BCUT2D eigenvalue weighted by Crippen LogP contribution is 2.68. The third-order valence-corrected chi connectivity index (χ3v) is 12.9. The predicted octanol–water partition coefficient (Wildman–Crippen LogP) is 4.55. The maximum absolute atomic E-state index is 11.8. The van der Waals surface area contributed by atoms with Crippen LogP contribution in [0.5, 0.6) is 0 Å². The number of methoxy groups -OCH3 is 1. The van der Waals surface area contributed by atoms with Crippen LogP contribution in [0.3, 0.4) is 0 Å². The van der Waals surface area contributed by atoms with Crippen LogP contribution in [0.2, 0.25) is 0 Å². The number of esters is 1. The van der Waals surface area contributed by atoms with Gasteiger partial charge in [0.1, 0.15) is 0 Å². The highest BCUT2D eigenvalue weighted by molar-refractivity contribution is 5.69. The molecule has 4 saturated carbocycles. The Labute approximate surface area is 251 Å². The van der Waals surface area contributed by atoms with Crippen molar-refractivity contribution in [1.82, 2.24) is 10.2 Å². The molecule has 0 amide bonds. The highest BCUT2D eigenvalue weighted by Gasteiger charge is 2.62. The number of nitrogens with two attached hydrogens (primary N) is 2. The van der Waals surface area contributed by atoms with Gasteiger partial charge >= 0.3 is 5.97 Å². The fourth-order valence-electron chi connectivity index (χ4n) is 10.6. The summed E-state index contributed by atoms with van der Waals surface area (Å²) >= 11 is 0. The van der Waals surface area contributed by atoms with Crippen molar-refractivity contribution in [1.29, 1.82) is 0 Å². The summed E-state index contributed by atoms with van der Waals surface area (Å²) in [6.45, 7) is 13.3. The number of carbonyl (C=O) groups excluding carboxylic acids is 1. The van der Waals surface area contributed by atoms with Crippen LogP contribution in [0, 0.1) is 46.3 Å². The van der Waals surface area contributed by atoms with Crippen LogP contribution in [-0.4, -0.2) is 74.5 Å². The van der Waals surface area contributed by atoms with E-state index in [4.69, 9.17) is 16.2 Å². The van der Waals surface area contributed by atoms with E-state index in [-0.39, 0.29) is 12.1 Å². The van der Waals surface area contributed by atoms with Crippen LogP contribution in [0.4, 0.5) is 0 Å². The van der Waals surface area contributed by atoms with Gasteiger partial charge in [-0.2, -0.15) is 0 Å². The summed E-state index contributed by atoms with van der Waals surface area (Å²) in [6, 6.07) is 0.582. The number of fused-ring (bicyclic) bond motifs is 5. The zero-order chi connectivity index (χ0) is 29.6. The van der Waals surface area contributed by atoms with Gasteiger partial charge < -0.3 is 31.5 Å². The minimum Gasteiger partial charge on any atom is -0.469 e. The molecule has 4 aliphatic carbocycles. The smallest absolute Gasteiger partial charge is 0.305 e. The van der Waals surface area contributed by atoms with Gasteiger partial charge in [0.15, 0.2) is 0 Å². The maximum atomic E-state index is 11.8. The molecule has 0 bridgehead atoms. The van der Waals surface area contributed by atoms with Crippen molar-refractivity contribution in [2.45, 2.75) is 116 Å². The van der Waals surface area contributed by atoms with Gasteiger partial charge in [0.2, 0.25) is 0 Å². The maximum Gasteiger partial charge on any atom is 0.305 e. The first-order valence-corrected chi connectivity index (χ1v) is 17.3. The van der Waals surface area contributed by atoms with Crippen molar-refractivity contribution in [2.75, 3.05) is 46.4 Å². The molecule has 0 aromatic heterocycles. The number of aliphatic hydroxyl groups excluding tert-OH is 1. The monoisotopic (exact) mass is 576 g/mol. The van der Waals surface area contributed by atoms with E-state index < -0.39 is 0 Å². The Kier molecular flexibility index (Phi) is 12.0. The van der Waals surface area contributed by atoms with E-state index >= 15 is 0 Å². The van der Waals surface area contributed by atoms with Crippen molar-refractivity contribution in [2.24, 2.45) is 57.8 Å². The SMILES string of the molecule is COC(=O)CC[C@@H](C)[C@H]1CCC2C3C(CC[C@@]21C)[C@@]1(C)CC[C@H](NCCCN(CCCN)CCCN)CC1C[C@@H]3O. The molecule has 6 N–H and O–H groups in total. The summed E-state index contributed by atoms with van der Waals surface area (Å²) in [6.07, 6.45) is 14.4. The van der Waals surface area contributed by atoms with Gasteiger partial charge in [0, 0.05) is 12.5 Å². The second kappa shape index (κ2) is 14.8. The Bertz CT molecular complexity index is 820. The third kappa shape index (κ3) is 7.33. The second-order valence-electron chi connectivity index (χ2n) is 15.0. The number of rotatable bonds is 15. The average Bonchev–Trinajstić information content (AvgIpc) is 3.32. The summed E-state index contributed by atoms with van der Waals surface area (Å²) < 4.78 is 4.92. The summed E-state index contributed by atoms with van der Waals surface area (Å²) in [7, 11) is 1.49. The van der Waals surface area contributed by atoms with Gasteiger partial charge in [-0.25, -0.2) is 0 Å². The van der Waals surface area contributed by atoms with E-state index in [1.54, 1.807) is 0 Å². The lowest BCUT2D eigenvalue weighted by atomic mass is 9.43. The van der Waals surface area contributed by atoms with Crippen LogP contribution in [0.15, 0.2) is 0 Å². The lowest BCUT2D eigenvalue weighted by molar-refractivity contribution is -0.167. The molecule has 0 aromatic rings. The van der Waals surface area contributed by atoms with Crippen LogP contribution >= 0.6 is 0 Å². The molecule has 238 valence electrons. The van der Waals surface area contributed by atoms with Crippen molar-refractivity contribution in [3.05, 3.63) is 0 Å². The van der Waals surface area contributed by atoms with Gasteiger partial charge in [-0.15, -0.1) is 0 Å². The topological polar surface area (TPSA) is 114 Å². The zero-order valence-electron chi connectivity index (χ0n) is 26.9. The molecule has 41 heavy (non-hydrogen) atoms. The molecule has 0 spiro atoms. The molecule has 7 nitrogen and oxygen atoms in total. The lowest BCUT2D eigenvalue weighted by Crippen LogP contribution is -2.59. The third-order valence-electron chi connectivity index (χ3n) is 12.9. The van der Waals surface area contributed by atoms with E-state index in [9.17, 15) is 9.90 Å². The Hall–Kier alpha value is -0.730. The van der Waals surface area contributed by atoms with Gasteiger partial charge in [-0.3, -0.25) is 4.79 Å². The van der Waals surface area contributed by atoms with Crippen LogP contribution in [-0.2, 0) is 9.53 Å². The first kappa shape index (κ1) is 33.2. The number of nitrogens with zero attached hydrogens (tertiary/aromatic N) is 1. The predicted molar refractivity (Wildman–Crippen MR) is 167 cm³/mol. The molecule has 0 heterocycles. The molecular formula is C34H64N4O3. The lowest BCUT2D eigenvalue weighted by Gasteiger charge is -2.62. The summed E-state index contributed by atoms with van der Waals surface area (Å²) in [5, 5.41) is 15.7.